The molecule has 0 saturated carbocycles. The molecule has 132 valence electrons. The normalized spacial score (nSPS) is 10.7. The highest BCUT2D eigenvalue weighted by Crippen LogP contribution is 2.12. The summed E-state index contributed by atoms with van der Waals surface area (Å²) in [7, 11) is 0. The Morgan fingerprint density at radius 2 is 1.92 bits per heavy atom. The minimum Gasteiger partial charge on any atom is -0.389 e. The Morgan fingerprint density at radius 3 is 2.58 bits per heavy atom. The van der Waals surface area contributed by atoms with Crippen molar-refractivity contribution in [2.24, 2.45) is 0 Å². The quantitative estimate of drug-likeness (QED) is 0.338. The van der Waals surface area contributed by atoms with E-state index in [1.54, 1.807) is 24.3 Å². The van der Waals surface area contributed by atoms with Crippen LogP contribution in [-0.2, 0) is 11.2 Å². The van der Waals surface area contributed by atoms with Crippen molar-refractivity contribution in [2.45, 2.75) is 13.3 Å². The van der Waals surface area contributed by atoms with Crippen molar-refractivity contribution in [3.8, 4) is 6.07 Å². The molecule has 0 aliphatic carbocycles. The van der Waals surface area contributed by atoms with Gasteiger partial charge in [-0.15, -0.1) is 0 Å². The summed E-state index contributed by atoms with van der Waals surface area (Å²) in [6.07, 6.45) is 2.12. The van der Waals surface area contributed by atoms with E-state index in [-0.39, 0.29) is 11.4 Å². The number of nitrogens with one attached hydrogen (secondary N) is 2. The number of halogens is 1. The Hall–Kier alpha value is -3.10. The van der Waals surface area contributed by atoms with Gasteiger partial charge in [0.2, 0.25) is 0 Å². The summed E-state index contributed by atoms with van der Waals surface area (Å²) >= 11 is 5.84. The predicted octanol–water partition coefficient (Wildman–Crippen LogP) is 3.72. The second-order valence-corrected chi connectivity index (χ2v) is 6.03. The highest BCUT2D eigenvalue weighted by molar-refractivity contribution is 6.30. The average Bonchev–Trinajstić information content (AvgIpc) is 2.63. The Kier molecular flexibility index (Phi) is 6.95. The van der Waals surface area contributed by atoms with E-state index in [0.717, 1.165) is 12.0 Å². The van der Waals surface area contributed by atoms with Crippen molar-refractivity contribution < 1.29 is 9.59 Å². The Morgan fingerprint density at radius 1 is 1.19 bits per heavy atom. The highest BCUT2D eigenvalue weighted by atomic mass is 35.5. The molecule has 0 radical (unpaired) electrons. The monoisotopic (exact) mass is 367 g/mol. The zero-order valence-corrected chi connectivity index (χ0v) is 15.0. The summed E-state index contributed by atoms with van der Waals surface area (Å²) in [5, 5.41) is 15.4. The second kappa shape index (κ2) is 9.40. The number of Topliss-reactive ketones (excluding diaryl/α,β-unsaturated/α-hetero) is 1. The number of carbonyl (C=O) groups excluding carboxylic acids is 2. The van der Waals surface area contributed by atoms with Gasteiger partial charge < -0.3 is 10.6 Å². The van der Waals surface area contributed by atoms with Crippen molar-refractivity contribution in [3.05, 3.63) is 76.5 Å². The van der Waals surface area contributed by atoms with Crippen molar-refractivity contribution in [1.82, 2.24) is 5.32 Å². The Bertz CT molecular complexity index is 867. The first-order valence-electron chi connectivity index (χ1n) is 8.00. The second-order valence-electron chi connectivity index (χ2n) is 5.59. The van der Waals surface area contributed by atoms with Gasteiger partial charge in [0, 0.05) is 29.0 Å². The number of anilines is 1. The smallest absolute Gasteiger partial charge is 0.267 e. The van der Waals surface area contributed by atoms with E-state index in [9.17, 15) is 14.9 Å². The van der Waals surface area contributed by atoms with Crippen LogP contribution < -0.4 is 10.6 Å². The van der Waals surface area contributed by atoms with E-state index in [2.05, 4.69) is 10.6 Å². The number of benzene rings is 2. The third-order valence-corrected chi connectivity index (χ3v) is 3.86. The Balaban J connectivity index is 1.92. The number of carbonyl (C=O) groups is 2. The molecule has 0 spiro atoms. The van der Waals surface area contributed by atoms with Crippen LogP contribution in [0.5, 0.6) is 0 Å². The third kappa shape index (κ3) is 5.76. The summed E-state index contributed by atoms with van der Waals surface area (Å²) < 4.78 is 0. The molecule has 6 heteroatoms. The van der Waals surface area contributed by atoms with Gasteiger partial charge in [0.1, 0.15) is 11.6 Å². The lowest BCUT2D eigenvalue weighted by atomic mass is 10.1. The van der Waals surface area contributed by atoms with E-state index in [0.29, 0.717) is 22.8 Å². The summed E-state index contributed by atoms with van der Waals surface area (Å²) in [6.45, 7) is 2.02. The molecule has 0 atom stereocenters. The number of rotatable bonds is 7. The summed E-state index contributed by atoms with van der Waals surface area (Å²) in [6, 6.07) is 15.9. The summed E-state index contributed by atoms with van der Waals surface area (Å²) in [5.41, 5.74) is 2.00. The summed E-state index contributed by atoms with van der Waals surface area (Å²) in [5.74, 6) is -0.631. The van der Waals surface area contributed by atoms with Gasteiger partial charge in [0.25, 0.3) is 5.91 Å². The lowest BCUT2D eigenvalue weighted by molar-refractivity contribution is -0.112. The largest absolute Gasteiger partial charge is 0.389 e. The van der Waals surface area contributed by atoms with Crippen LogP contribution in [0.25, 0.3) is 0 Å². The van der Waals surface area contributed by atoms with Crippen LogP contribution in [0.2, 0.25) is 5.02 Å². The first-order chi connectivity index (χ1) is 12.5. The zero-order chi connectivity index (χ0) is 18.9. The van der Waals surface area contributed by atoms with Crippen LogP contribution in [0.15, 0.2) is 60.3 Å². The van der Waals surface area contributed by atoms with Gasteiger partial charge in [-0.1, -0.05) is 35.9 Å². The maximum atomic E-state index is 12.2. The third-order valence-electron chi connectivity index (χ3n) is 3.61. The van der Waals surface area contributed by atoms with Crippen LogP contribution >= 0.6 is 11.6 Å². The maximum Gasteiger partial charge on any atom is 0.267 e. The highest BCUT2D eigenvalue weighted by Gasteiger charge is 2.10. The van der Waals surface area contributed by atoms with Gasteiger partial charge in [-0.2, -0.15) is 5.26 Å². The number of amides is 1. The first kappa shape index (κ1) is 19.2. The number of hydrogen-bond donors (Lipinski definition) is 2. The van der Waals surface area contributed by atoms with Gasteiger partial charge in [-0.25, -0.2) is 0 Å². The molecule has 2 aromatic carbocycles. The standard InChI is InChI=1S/C20H18ClN3O2/c1-14(25)16-3-2-4-19(11-16)24-20(26)17(12-22)13-23-10-9-15-5-7-18(21)8-6-15/h2-8,11,13,23H,9-10H2,1H3,(H,24,26)/b17-13-. The molecule has 0 aliphatic rings. The minimum absolute atomic E-state index is 0.0469. The van der Waals surface area contributed by atoms with E-state index < -0.39 is 5.91 Å². The maximum absolute atomic E-state index is 12.2. The number of ketones is 1. The van der Waals surface area contributed by atoms with E-state index in [1.807, 2.05) is 30.3 Å². The number of nitriles is 1. The summed E-state index contributed by atoms with van der Waals surface area (Å²) in [4.78, 5) is 23.6. The number of hydrogen-bond acceptors (Lipinski definition) is 4. The van der Waals surface area contributed by atoms with Gasteiger partial charge in [-0.05, 0) is 43.2 Å². The molecule has 0 fully saturated rings. The van der Waals surface area contributed by atoms with Crippen LogP contribution in [0, 0.1) is 11.3 Å². The Labute approximate surface area is 157 Å². The molecule has 26 heavy (non-hydrogen) atoms. The average molecular weight is 368 g/mol. The van der Waals surface area contributed by atoms with Crippen molar-refractivity contribution >= 4 is 29.0 Å². The van der Waals surface area contributed by atoms with Crippen molar-refractivity contribution in [2.75, 3.05) is 11.9 Å². The molecule has 0 aliphatic heterocycles. The molecule has 0 heterocycles. The lowest BCUT2D eigenvalue weighted by Gasteiger charge is -2.06. The molecular formula is C20H18ClN3O2. The van der Waals surface area contributed by atoms with E-state index >= 15 is 0 Å². The molecule has 0 saturated heterocycles. The van der Waals surface area contributed by atoms with Crippen LogP contribution in [0.1, 0.15) is 22.8 Å². The van der Waals surface area contributed by atoms with E-state index in [1.165, 1.54) is 13.1 Å². The zero-order valence-electron chi connectivity index (χ0n) is 14.3. The fourth-order valence-electron chi connectivity index (χ4n) is 2.20. The molecule has 1 amide bonds. The minimum atomic E-state index is -0.535. The molecule has 0 aromatic heterocycles. The number of nitrogens with zero attached hydrogens (tertiary/aromatic N) is 1. The first-order valence-corrected chi connectivity index (χ1v) is 8.38. The molecule has 5 nitrogen and oxygen atoms in total. The SMILES string of the molecule is CC(=O)c1cccc(NC(=O)/C(C#N)=C\NCCc2ccc(Cl)cc2)c1. The molecule has 2 aromatic rings. The molecular weight excluding hydrogens is 350 g/mol. The van der Waals surface area contributed by atoms with Crippen molar-refractivity contribution in [3.63, 3.8) is 0 Å². The van der Waals surface area contributed by atoms with E-state index in [4.69, 9.17) is 11.6 Å². The van der Waals surface area contributed by atoms with Gasteiger partial charge in [-0.3, -0.25) is 9.59 Å². The van der Waals surface area contributed by atoms with Crippen LogP contribution in [0.4, 0.5) is 5.69 Å². The molecule has 2 N–H and O–H groups in total. The van der Waals surface area contributed by atoms with Gasteiger partial charge in [0.15, 0.2) is 5.78 Å². The van der Waals surface area contributed by atoms with Crippen LogP contribution in [0.3, 0.4) is 0 Å². The van der Waals surface area contributed by atoms with Gasteiger partial charge in [0.05, 0.1) is 0 Å². The predicted molar refractivity (Wildman–Crippen MR) is 102 cm³/mol. The van der Waals surface area contributed by atoms with Crippen LogP contribution in [-0.4, -0.2) is 18.2 Å². The fourth-order valence-corrected chi connectivity index (χ4v) is 2.33. The molecule has 2 rings (SSSR count). The lowest BCUT2D eigenvalue weighted by Crippen LogP contribution is -2.18. The molecule has 0 bridgehead atoms. The molecule has 0 unspecified atom stereocenters. The van der Waals surface area contributed by atoms with Crippen molar-refractivity contribution in [1.29, 1.82) is 5.26 Å². The fraction of sp³-hybridized carbons (Fsp3) is 0.150. The topological polar surface area (TPSA) is 82.0 Å². The van der Waals surface area contributed by atoms with Gasteiger partial charge >= 0.3 is 0 Å².